The van der Waals surface area contributed by atoms with Crippen LogP contribution in [-0.2, 0) is 11.2 Å². The van der Waals surface area contributed by atoms with E-state index in [-0.39, 0.29) is 6.42 Å². The van der Waals surface area contributed by atoms with E-state index in [0.717, 1.165) is 65.1 Å². The number of aryl methyl sites for hydroxylation is 1. The topological polar surface area (TPSA) is 56.7 Å². The Balaban J connectivity index is 2.29. The van der Waals surface area contributed by atoms with Gasteiger partial charge >= 0.3 is 5.97 Å². The minimum Gasteiger partial charge on any atom is -0.481 e. The number of anilines is 1. The quantitative estimate of drug-likeness (QED) is 0.458. The molecule has 1 aromatic rings. The first-order valence-electron chi connectivity index (χ1n) is 10.6. The predicted molar refractivity (Wildman–Crippen MR) is 119 cm³/mol. The second-order valence-corrected chi connectivity index (χ2v) is 7.18. The van der Waals surface area contributed by atoms with Gasteiger partial charge in [-0.15, -0.1) is 0 Å². The Kier molecular flexibility index (Phi) is 6.57. The lowest BCUT2D eigenvalue weighted by atomic mass is 9.95. The molecule has 3 rings (SSSR count). The van der Waals surface area contributed by atoms with Crippen LogP contribution in [0.25, 0.3) is 22.3 Å². The molecule has 0 bridgehead atoms. The molecule has 1 heterocycles. The average Bonchev–Trinajstić information content (AvgIpc) is 2.72. The van der Waals surface area contributed by atoms with Gasteiger partial charge in [0.05, 0.1) is 6.07 Å². The molecular weight excluding hydrogens is 364 g/mol. The van der Waals surface area contributed by atoms with Gasteiger partial charge in [0.2, 0.25) is 5.36 Å². The molecule has 1 N–H and O–H groups in total. The number of benzene rings is 2. The van der Waals surface area contributed by atoms with E-state index >= 15 is 0 Å². The zero-order valence-corrected chi connectivity index (χ0v) is 17.9. The molecule has 154 valence electrons. The van der Waals surface area contributed by atoms with E-state index in [0.29, 0.717) is 6.42 Å². The van der Waals surface area contributed by atoms with Crippen LogP contribution in [0.4, 0.5) is 5.69 Å². The van der Waals surface area contributed by atoms with Crippen molar-refractivity contribution in [1.82, 2.24) is 4.58 Å². The molecule has 1 aliphatic heterocycles. The zero-order valence-electron chi connectivity index (χ0n) is 17.9. The van der Waals surface area contributed by atoms with Crippen molar-refractivity contribution < 1.29 is 14.3 Å². The van der Waals surface area contributed by atoms with Gasteiger partial charge in [-0.2, -0.15) is 0 Å². The van der Waals surface area contributed by atoms with E-state index in [2.05, 4.69) is 73.6 Å². The molecule has 1 aromatic carbocycles. The highest BCUT2D eigenvalue weighted by molar-refractivity contribution is 5.90. The van der Waals surface area contributed by atoms with E-state index in [1.54, 1.807) is 0 Å². The maximum absolute atomic E-state index is 11.3. The number of hydrogen-bond acceptors (Lipinski definition) is 3. The molecule has 0 fully saturated rings. The predicted octanol–water partition coefficient (Wildman–Crippen LogP) is 4.21. The Morgan fingerprint density at radius 1 is 1.03 bits per heavy atom. The Bertz CT molecular complexity index is 1040. The van der Waals surface area contributed by atoms with Crippen LogP contribution in [0.5, 0.6) is 0 Å². The number of rotatable bonds is 8. The summed E-state index contributed by atoms with van der Waals surface area (Å²) in [5.74, 6) is 0.0191. The third-order valence-corrected chi connectivity index (χ3v) is 5.65. The van der Waals surface area contributed by atoms with E-state index in [1.165, 1.54) is 0 Å². The molecular formula is C24H31N2O3+. The van der Waals surface area contributed by atoms with Gasteiger partial charge in [0, 0.05) is 48.3 Å². The van der Waals surface area contributed by atoms with Crippen LogP contribution in [0.2, 0.25) is 0 Å². The highest BCUT2D eigenvalue weighted by Gasteiger charge is 2.18. The van der Waals surface area contributed by atoms with Crippen molar-refractivity contribution in [3.05, 3.63) is 47.3 Å². The molecule has 0 atom stereocenters. The van der Waals surface area contributed by atoms with E-state index < -0.39 is 5.97 Å². The monoisotopic (exact) mass is 395 g/mol. The summed E-state index contributed by atoms with van der Waals surface area (Å²) in [6.45, 7) is 12.3. The molecule has 0 saturated carbocycles. The minimum absolute atomic E-state index is 0.101. The second kappa shape index (κ2) is 9.12. The fourth-order valence-corrected chi connectivity index (χ4v) is 4.03. The lowest BCUT2D eigenvalue weighted by Gasteiger charge is -2.22. The first kappa shape index (κ1) is 20.9. The molecule has 0 amide bonds. The van der Waals surface area contributed by atoms with Crippen LogP contribution in [0.3, 0.4) is 0 Å². The molecule has 0 unspecified atom stereocenters. The van der Waals surface area contributed by atoms with Gasteiger partial charge in [-0.25, -0.2) is 4.58 Å². The number of carboxylic acids is 1. The van der Waals surface area contributed by atoms with Crippen molar-refractivity contribution in [3.8, 4) is 11.3 Å². The summed E-state index contributed by atoms with van der Waals surface area (Å²) in [5, 5.41) is 11.4. The van der Waals surface area contributed by atoms with Gasteiger partial charge in [0.15, 0.2) is 0 Å². The number of nitrogens with zero attached hydrogens (tertiary/aromatic N) is 2. The lowest BCUT2D eigenvalue weighted by molar-refractivity contribution is -0.136. The molecule has 0 aromatic heterocycles. The number of carbonyl (C=O) groups is 1. The lowest BCUT2D eigenvalue weighted by Crippen LogP contribution is -2.29. The fraction of sp³-hybridized carbons (Fsp3) is 0.417. The van der Waals surface area contributed by atoms with Crippen molar-refractivity contribution in [3.63, 3.8) is 0 Å². The van der Waals surface area contributed by atoms with Gasteiger partial charge in [-0.05, 0) is 57.9 Å². The molecule has 1 aliphatic carbocycles. The summed E-state index contributed by atoms with van der Waals surface area (Å²) >= 11 is 0. The molecule has 0 radical (unpaired) electrons. The summed E-state index contributed by atoms with van der Waals surface area (Å²) in [5.41, 5.74) is 3.96. The first-order valence-corrected chi connectivity index (χ1v) is 10.6. The van der Waals surface area contributed by atoms with Gasteiger partial charge in [0.25, 0.3) is 0 Å². The van der Waals surface area contributed by atoms with Gasteiger partial charge in [-0.3, -0.25) is 4.79 Å². The minimum atomic E-state index is -0.786. The average molecular weight is 396 g/mol. The maximum atomic E-state index is 11.3. The zero-order chi connectivity index (χ0) is 21.0. The molecule has 2 aliphatic rings. The molecule has 5 heteroatoms. The van der Waals surface area contributed by atoms with E-state index in [4.69, 9.17) is 4.42 Å². The van der Waals surface area contributed by atoms with Crippen LogP contribution in [0.1, 0.15) is 39.7 Å². The number of fused-ring (bicyclic) bond motifs is 2. The smallest absolute Gasteiger partial charge is 0.303 e. The van der Waals surface area contributed by atoms with Crippen molar-refractivity contribution in [1.29, 1.82) is 0 Å². The highest BCUT2D eigenvalue weighted by Crippen LogP contribution is 2.35. The number of aliphatic carboxylic acids is 1. The van der Waals surface area contributed by atoms with Crippen LogP contribution in [-0.4, -0.2) is 37.3 Å². The molecule has 0 spiro atoms. The van der Waals surface area contributed by atoms with Gasteiger partial charge in [0.1, 0.15) is 24.4 Å². The second-order valence-electron chi connectivity index (χ2n) is 7.18. The summed E-state index contributed by atoms with van der Waals surface area (Å²) in [7, 11) is 0. The standard InChI is InChI=1S/C24H30N2O3/c1-5-25(6-2)17-9-11-20-19(13-14-24(27)28)21-12-10-18(26(7-3)8-4)16-23(21)29-22(20)15-17/h9-12,15-16H,5-8,13-14H2,1-4H3/p+1. The first-order chi connectivity index (χ1) is 14.0. The van der Waals surface area contributed by atoms with Crippen LogP contribution >= 0.6 is 0 Å². The number of carboxylic acid groups (broad SMARTS) is 1. The van der Waals surface area contributed by atoms with Gasteiger partial charge in [-0.1, -0.05) is 0 Å². The van der Waals surface area contributed by atoms with Crippen LogP contribution < -0.4 is 14.8 Å². The Morgan fingerprint density at radius 3 is 2.38 bits per heavy atom. The van der Waals surface area contributed by atoms with Crippen molar-refractivity contribution in [2.75, 3.05) is 31.1 Å². The Labute approximate surface area is 172 Å². The van der Waals surface area contributed by atoms with Crippen LogP contribution in [0.15, 0.2) is 40.8 Å². The Morgan fingerprint density at radius 2 is 1.76 bits per heavy atom. The van der Waals surface area contributed by atoms with Crippen molar-refractivity contribution in [2.45, 2.75) is 40.5 Å². The van der Waals surface area contributed by atoms with E-state index in [9.17, 15) is 9.90 Å². The normalized spacial score (nSPS) is 11.2. The van der Waals surface area contributed by atoms with Crippen LogP contribution in [0, 0.1) is 0 Å². The highest BCUT2D eigenvalue weighted by atomic mass is 16.4. The third-order valence-electron chi connectivity index (χ3n) is 5.65. The summed E-state index contributed by atoms with van der Waals surface area (Å²) in [6.07, 6.45) is 0.581. The summed E-state index contributed by atoms with van der Waals surface area (Å²) in [6, 6.07) is 12.5. The van der Waals surface area contributed by atoms with Crippen molar-refractivity contribution >= 4 is 22.6 Å². The van der Waals surface area contributed by atoms with Gasteiger partial charge < -0.3 is 14.4 Å². The summed E-state index contributed by atoms with van der Waals surface area (Å²) < 4.78 is 8.63. The Hall–Kier alpha value is -2.82. The maximum Gasteiger partial charge on any atom is 0.303 e. The SMILES string of the molecule is CCN(CC)c1ccc2c(CCC(=O)O)c3ccc(=[N+](CC)CC)cc-3oc2c1. The molecule has 5 nitrogen and oxygen atoms in total. The molecule has 0 saturated heterocycles. The van der Waals surface area contributed by atoms with Crippen molar-refractivity contribution in [2.24, 2.45) is 0 Å². The third kappa shape index (κ3) is 4.29. The largest absolute Gasteiger partial charge is 0.481 e. The van der Waals surface area contributed by atoms with E-state index in [1.807, 2.05) is 0 Å². The molecule has 29 heavy (non-hydrogen) atoms. The summed E-state index contributed by atoms with van der Waals surface area (Å²) in [4.78, 5) is 13.5. The number of hydrogen-bond donors (Lipinski definition) is 1. The fourth-order valence-electron chi connectivity index (χ4n) is 4.03.